The average Bonchev–Trinajstić information content (AvgIpc) is 3.13. The van der Waals surface area contributed by atoms with Gasteiger partial charge in [-0.1, -0.05) is 0 Å². The third-order valence-electron chi connectivity index (χ3n) is 3.78. The Kier molecular flexibility index (Phi) is 5.30. The van der Waals surface area contributed by atoms with E-state index in [4.69, 9.17) is 19.2 Å². The molecule has 1 aliphatic carbocycles. The Morgan fingerprint density at radius 1 is 1.19 bits per heavy atom. The van der Waals surface area contributed by atoms with Crippen LogP contribution in [0.15, 0.2) is 33.4 Å². The lowest BCUT2D eigenvalue weighted by atomic mass is 9.94. The molecule has 1 heterocycles. The van der Waals surface area contributed by atoms with Gasteiger partial charge in [-0.3, -0.25) is 14.4 Å². The molecule has 3 rings (SSSR count). The number of nitriles is 1. The molecule has 9 heteroatoms. The number of benzene rings is 1. The maximum absolute atomic E-state index is 12.9. The molecular formula is C18H9Br2NO6. The SMILES string of the molecule is COc1ccc(C(=O)c2coc3c2C(=O)C(=O)C(Br)=C3Br)cc1OCC#N. The number of methoxy groups -OCH3 is 1. The molecule has 0 spiro atoms. The summed E-state index contributed by atoms with van der Waals surface area (Å²) in [6.07, 6.45) is 1.13. The normalized spacial score (nSPS) is 13.3. The molecule has 0 unspecified atom stereocenters. The Labute approximate surface area is 169 Å². The molecule has 1 aromatic heterocycles. The zero-order chi connectivity index (χ0) is 19.7. The van der Waals surface area contributed by atoms with E-state index in [2.05, 4.69) is 31.9 Å². The number of rotatable bonds is 5. The van der Waals surface area contributed by atoms with Crippen molar-refractivity contribution < 1.29 is 28.3 Å². The minimum Gasteiger partial charge on any atom is -0.493 e. The molecule has 0 radical (unpaired) electrons. The fourth-order valence-corrected chi connectivity index (χ4v) is 3.35. The fourth-order valence-electron chi connectivity index (χ4n) is 2.52. The molecule has 1 aromatic carbocycles. The van der Waals surface area contributed by atoms with Crippen molar-refractivity contribution in [2.45, 2.75) is 0 Å². The Hall–Kier alpha value is -2.70. The Bertz CT molecular complexity index is 1060. The number of ketones is 3. The zero-order valence-electron chi connectivity index (χ0n) is 13.7. The second-order valence-corrected chi connectivity index (χ2v) is 6.87. The predicted octanol–water partition coefficient (Wildman–Crippen LogP) is 3.65. The average molecular weight is 495 g/mol. The van der Waals surface area contributed by atoms with Crippen LogP contribution >= 0.6 is 31.9 Å². The van der Waals surface area contributed by atoms with Gasteiger partial charge >= 0.3 is 0 Å². The standard InChI is InChI=1S/C18H9Br2NO6/c1-25-10-3-2-8(6-11(10)26-5-4-21)15(22)9-7-27-18-12(9)16(23)17(24)13(19)14(18)20/h2-3,6-7H,5H2,1H3. The minimum absolute atomic E-state index is 0.0324. The van der Waals surface area contributed by atoms with Crippen molar-refractivity contribution >= 4 is 53.7 Å². The van der Waals surface area contributed by atoms with E-state index in [-0.39, 0.29) is 43.8 Å². The number of furan rings is 1. The molecule has 0 saturated heterocycles. The second kappa shape index (κ2) is 7.50. The first-order valence-corrected chi connectivity index (χ1v) is 8.98. The molecule has 0 aliphatic heterocycles. The van der Waals surface area contributed by atoms with Crippen LogP contribution in [0.2, 0.25) is 0 Å². The molecule has 0 fully saturated rings. The largest absolute Gasteiger partial charge is 0.493 e. The summed E-state index contributed by atoms with van der Waals surface area (Å²) in [4.78, 5) is 37.3. The highest BCUT2D eigenvalue weighted by atomic mass is 79.9. The highest BCUT2D eigenvalue weighted by Gasteiger charge is 2.37. The van der Waals surface area contributed by atoms with Gasteiger partial charge in [0.15, 0.2) is 29.6 Å². The summed E-state index contributed by atoms with van der Waals surface area (Å²) in [6, 6.07) is 6.21. The van der Waals surface area contributed by atoms with Crippen LogP contribution in [0, 0.1) is 11.3 Å². The highest BCUT2D eigenvalue weighted by molar-refractivity contribution is 9.16. The molecular weight excluding hydrogens is 486 g/mol. The Morgan fingerprint density at radius 3 is 2.59 bits per heavy atom. The van der Waals surface area contributed by atoms with Crippen LogP contribution in [0.4, 0.5) is 0 Å². The first-order valence-electron chi connectivity index (χ1n) is 7.39. The van der Waals surface area contributed by atoms with Crippen LogP contribution in [0.1, 0.15) is 32.0 Å². The Morgan fingerprint density at radius 2 is 1.93 bits per heavy atom. The fraction of sp³-hybridized carbons (Fsp3) is 0.111. The summed E-state index contributed by atoms with van der Waals surface area (Å²) >= 11 is 6.22. The van der Waals surface area contributed by atoms with Crippen LogP contribution in [0.25, 0.3) is 4.48 Å². The predicted molar refractivity (Wildman–Crippen MR) is 100 cm³/mol. The number of carbonyl (C=O) groups is 3. The van der Waals surface area contributed by atoms with Gasteiger partial charge in [0.05, 0.1) is 27.2 Å². The quantitative estimate of drug-likeness (QED) is 0.461. The zero-order valence-corrected chi connectivity index (χ0v) is 16.8. The maximum Gasteiger partial charge on any atom is 0.241 e. The summed E-state index contributed by atoms with van der Waals surface area (Å²) in [6.45, 7) is -0.228. The molecule has 0 saturated carbocycles. The summed E-state index contributed by atoms with van der Waals surface area (Å²) in [5.41, 5.74) is 0.0319. The van der Waals surface area contributed by atoms with Crippen molar-refractivity contribution in [2.24, 2.45) is 0 Å². The molecule has 136 valence electrons. The summed E-state index contributed by atoms with van der Waals surface area (Å²) < 4.78 is 16.0. The van der Waals surface area contributed by atoms with Crippen molar-refractivity contribution in [3.8, 4) is 17.6 Å². The smallest absolute Gasteiger partial charge is 0.241 e. The van der Waals surface area contributed by atoms with Crippen molar-refractivity contribution in [2.75, 3.05) is 13.7 Å². The van der Waals surface area contributed by atoms with Crippen molar-refractivity contribution in [1.29, 1.82) is 5.26 Å². The molecule has 0 atom stereocenters. The van der Waals surface area contributed by atoms with Crippen molar-refractivity contribution in [3.63, 3.8) is 0 Å². The van der Waals surface area contributed by atoms with Gasteiger partial charge in [0.1, 0.15) is 12.3 Å². The first kappa shape index (κ1) is 19.1. The van der Waals surface area contributed by atoms with Gasteiger partial charge in [0.25, 0.3) is 0 Å². The number of Topliss-reactive ketones (excluding diaryl/α,β-unsaturated/α-hetero) is 2. The first-order chi connectivity index (χ1) is 12.9. The van der Waals surface area contributed by atoms with E-state index in [0.29, 0.717) is 5.75 Å². The molecule has 0 amide bonds. The van der Waals surface area contributed by atoms with Crippen LogP contribution in [0.5, 0.6) is 11.5 Å². The van der Waals surface area contributed by atoms with Gasteiger partial charge in [0.2, 0.25) is 11.6 Å². The lowest BCUT2D eigenvalue weighted by Gasteiger charge is -2.12. The summed E-state index contributed by atoms with van der Waals surface area (Å²) in [5.74, 6) is -1.51. The van der Waals surface area contributed by atoms with Crippen molar-refractivity contribution in [3.05, 3.63) is 51.4 Å². The number of nitrogens with zero attached hydrogens (tertiary/aromatic N) is 1. The number of halogens is 2. The molecule has 0 bridgehead atoms. The van der Waals surface area contributed by atoms with E-state index in [9.17, 15) is 14.4 Å². The van der Waals surface area contributed by atoms with E-state index < -0.39 is 17.3 Å². The van der Waals surface area contributed by atoms with Crippen LogP contribution in [-0.2, 0) is 4.79 Å². The topological polar surface area (TPSA) is 107 Å². The van der Waals surface area contributed by atoms with Crippen LogP contribution in [-0.4, -0.2) is 31.1 Å². The number of hydrogen-bond acceptors (Lipinski definition) is 7. The van der Waals surface area contributed by atoms with Gasteiger partial charge in [-0.15, -0.1) is 0 Å². The van der Waals surface area contributed by atoms with Crippen LogP contribution in [0.3, 0.4) is 0 Å². The second-order valence-electron chi connectivity index (χ2n) is 5.28. The summed E-state index contributed by atoms with van der Waals surface area (Å²) in [5, 5.41) is 8.68. The van der Waals surface area contributed by atoms with Gasteiger partial charge in [-0.25, -0.2) is 0 Å². The van der Waals surface area contributed by atoms with E-state index in [1.807, 2.05) is 6.07 Å². The number of ether oxygens (including phenoxy) is 2. The van der Waals surface area contributed by atoms with E-state index >= 15 is 0 Å². The third-order valence-corrected chi connectivity index (χ3v) is 5.82. The van der Waals surface area contributed by atoms with Gasteiger partial charge in [-0.2, -0.15) is 5.26 Å². The van der Waals surface area contributed by atoms with Gasteiger partial charge in [0, 0.05) is 5.56 Å². The monoisotopic (exact) mass is 493 g/mol. The van der Waals surface area contributed by atoms with E-state index in [1.165, 1.54) is 25.3 Å². The minimum atomic E-state index is -0.841. The number of fused-ring (bicyclic) bond motifs is 1. The van der Waals surface area contributed by atoms with Crippen LogP contribution < -0.4 is 9.47 Å². The Balaban J connectivity index is 2.07. The lowest BCUT2D eigenvalue weighted by Crippen LogP contribution is -2.22. The molecule has 0 N–H and O–H groups in total. The number of carbonyl (C=O) groups excluding carboxylic acids is 3. The van der Waals surface area contributed by atoms with Crippen molar-refractivity contribution in [1.82, 2.24) is 0 Å². The maximum atomic E-state index is 12.9. The lowest BCUT2D eigenvalue weighted by molar-refractivity contribution is -0.111. The number of hydrogen-bond donors (Lipinski definition) is 0. The number of allylic oxidation sites excluding steroid dienone is 1. The molecule has 7 nitrogen and oxygen atoms in total. The molecule has 1 aliphatic rings. The molecule has 2 aromatic rings. The van der Waals surface area contributed by atoms with E-state index in [1.54, 1.807) is 0 Å². The third kappa shape index (κ3) is 3.22. The summed E-state index contributed by atoms with van der Waals surface area (Å²) in [7, 11) is 1.43. The van der Waals surface area contributed by atoms with Gasteiger partial charge < -0.3 is 13.9 Å². The highest BCUT2D eigenvalue weighted by Crippen LogP contribution is 2.39. The molecule has 27 heavy (non-hydrogen) atoms. The van der Waals surface area contributed by atoms with Gasteiger partial charge in [-0.05, 0) is 50.1 Å². The van der Waals surface area contributed by atoms with E-state index in [0.717, 1.165) is 6.26 Å².